The first-order valence-electron chi connectivity index (χ1n) is 8.42. The van der Waals surface area contributed by atoms with Gasteiger partial charge >= 0.3 is 0 Å². The number of amides is 1. The largest absolute Gasteiger partial charge is 0.497 e. The van der Waals surface area contributed by atoms with Crippen LogP contribution >= 0.6 is 0 Å². The molecule has 1 saturated heterocycles. The fourth-order valence-corrected chi connectivity index (χ4v) is 3.09. The number of piperidine rings is 1. The number of nitrogens with zero attached hydrogens (tertiary/aromatic N) is 2. The summed E-state index contributed by atoms with van der Waals surface area (Å²) in [5.74, 6) is 0.201. The normalized spacial score (nSPS) is 17.9. The molecule has 1 aliphatic rings. The van der Waals surface area contributed by atoms with E-state index in [1.165, 1.54) is 12.1 Å². The van der Waals surface area contributed by atoms with Crippen molar-refractivity contribution in [1.82, 2.24) is 15.2 Å². The van der Waals surface area contributed by atoms with Crippen LogP contribution in [-0.2, 0) is 6.54 Å². The van der Waals surface area contributed by atoms with E-state index in [1.807, 2.05) is 0 Å². The van der Waals surface area contributed by atoms with Crippen molar-refractivity contribution in [3.63, 3.8) is 0 Å². The Kier molecular flexibility index (Phi) is 5.60. The summed E-state index contributed by atoms with van der Waals surface area (Å²) in [6, 6.07) is 9.99. The standard InChI is InChI=1S/C19H22FN3O2/c1-25-17-8-9-21-18(11-17)19(24)22-16-3-2-10-23(13-16)12-14-4-6-15(20)7-5-14/h4-9,11,16H,2-3,10,12-13H2,1H3,(H,22,24). The van der Waals surface area contributed by atoms with Gasteiger partial charge in [-0.2, -0.15) is 0 Å². The number of carbonyl (C=O) groups excluding carboxylic acids is 1. The van der Waals surface area contributed by atoms with Crippen molar-refractivity contribution in [2.45, 2.75) is 25.4 Å². The second kappa shape index (κ2) is 8.07. The Morgan fingerprint density at radius 3 is 2.92 bits per heavy atom. The number of nitrogens with one attached hydrogen (secondary N) is 1. The van der Waals surface area contributed by atoms with Crippen LogP contribution in [0.5, 0.6) is 5.75 Å². The molecule has 1 fully saturated rings. The smallest absolute Gasteiger partial charge is 0.270 e. The predicted octanol–water partition coefficient (Wildman–Crippen LogP) is 2.62. The first-order chi connectivity index (χ1) is 12.1. The second-order valence-corrected chi connectivity index (χ2v) is 6.26. The second-order valence-electron chi connectivity index (χ2n) is 6.26. The van der Waals surface area contributed by atoms with Gasteiger partial charge in [0.25, 0.3) is 5.91 Å². The minimum absolute atomic E-state index is 0.0784. The third-order valence-electron chi connectivity index (χ3n) is 4.36. The lowest BCUT2D eigenvalue weighted by atomic mass is 10.0. The van der Waals surface area contributed by atoms with Gasteiger partial charge in [-0.1, -0.05) is 12.1 Å². The average Bonchev–Trinajstić information content (AvgIpc) is 2.64. The fraction of sp³-hybridized carbons (Fsp3) is 0.368. The van der Waals surface area contributed by atoms with Crippen LogP contribution in [0.3, 0.4) is 0 Å². The molecule has 0 saturated carbocycles. The van der Waals surface area contributed by atoms with Crippen molar-refractivity contribution in [3.05, 3.63) is 59.7 Å². The van der Waals surface area contributed by atoms with Crippen LogP contribution in [-0.4, -0.2) is 42.0 Å². The molecular weight excluding hydrogens is 321 g/mol. The molecule has 0 radical (unpaired) electrons. The lowest BCUT2D eigenvalue weighted by molar-refractivity contribution is 0.0895. The number of benzene rings is 1. The summed E-state index contributed by atoms with van der Waals surface area (Å²) in [6.45, 7) is 2.50. The Morgan fingerprint density at radius 2 is 2.16 bits per heavy atom. The van der Waals surface area contributed by atoms with Gasteiger partial charge in [0.1, 0.15) is 17.3 Å². The molecule has 1 aromatic heterocycles. The molecule has 0 spiro atoms. The zero-order valence-electron chi connectivity index (χ0n) is 14.2. The van der Waals surface area contributed by atoms with Crippen molar-refractivity contribution in [2.75, 3.05) is 20.2 Å². The molecule has 1 amide bonds. The van der Waals surface area contributed by atoms with Gasteiger partial charge in [-0.25, -0.2) is 4.39 Å². The highest BCUT2D eigenvalue weighted by Crippen LogP contribution is 2.15. The highest BCUT2D eigenvalue weighted by atomic mass is 19.1. The summed E-state index contributed by atoms with van der Waals surface area (Å²) in [5, 5.41) is 3.05. The van der Waals surface area contributed by atoms with Crippen LogP contribution in [0.15, 0.2) is 42.6 Å². The fourth-order valence-electron chi connectivity index (χ4n) is 3.09. The van der Waals surface area contributed by atoms with Crippen LogP contribution in [0, 0.1) is 5.82 Å². The number of hydrogen-bond donors (Lipinski definition) is 1. The number of aromatic nitrogens is 1. The zero-order valence-corrected chi connectivity index (χ0v) is 14.2. The van der Waals surface area contributed by atoms with E-state index in [0.717, 1.165) is 38.0 Å². The Hall–Kier alpha value is -2.47. The van der Waals surface area contributed by atoms with Crippen LogP contribution in [0.2, 0.25) is 0 Å². The first kappa shape index (κ1) is 17.4. The van der Waals surface area contributed by atoms with Gasteiger partial charge in [-0.05, 0) is 43.1 Å². The predicted molar refractivity (Wildman–Crippen MR) is 93.0 cm³/mol. The molecule has 0 bridgehead atoms. The van der Waals surface area contributed by atoms with Crippen LogP contribution in [0.1, 0.15) is 28.9 Å². The minimum atomic E-state index is -0.224. The van der Waals surface area contributed by atoms with E-state index in [0.29, 0.717) is 11.4 Å². The SMILES string of the molecule is COc1ccnc(C(=O)NC2CCCN(Cc3ccc(F)cc3)C2)c1. The summed E-state index contributed by atoms with van der Waals surface area (Å²) >= 11 is 0. The molecule has 1 unspecified atom stereocenters. The summed E-state index contributed by atoms with van der Waals surface area (Å²) in [6.07, 6.45) is 3.52. The Balaban J connectivity index is 1.57. The highest BCUT2D eigenvalue weighted by Gasteiger charge is 2.22. The number of ether oxygens (including phenoxy) is 1. The van der Waals surface area contributed by atoms with Crippen LogP contribution < -0.4 is 10.1 Å². The molecule has 2 aromatic rings. The highest BCUT2D eigenvalue weighted by molar-refractivity contribution is 5.92. The van der Waals surface area contributed by atoms with E-state index in [2.05, 4.69) is 15.2 Å². The van der Waals surface area contributed by atoms with Crippen molar-refractivity contribution >= 4 is 5.91 Å². The number of methoxy groups -OCH3 is 1. The van der Waals surface area contributed by atoms with Gasteiger partial charge in [0.2, 0.25) is 0 Å². The molecule has 1 atom stereocenters. The quantitative estimate of drug-likeness (QED) is 0.907. The van der Waals surface area contributed by atoms with Crippen LogP contribution in [0.4, 0.5) is 4.39 Å². The van der Waals surface area contributed by atoms with E-state index in [4.69, 9.17) is 4.74 Å². The number of carbonyl (C=O) groups is 1. The number of halogens is 1. The van der Waals surface area contributed by atoms with Crippen LogP contribution in [0.25, 0.3) is 0 Å². The van der Waals surface area contributed by atoms with E-state index >= 15 is 0 Å². The lowest BCUT2D eigenvalue weighted by Crippen LogP contribution is -2.47. The summed E-state index contributed by atoms with van der Waals surface area (Å²) < 4.78 is 18.1. The van der Waals surface area contributed by atoms with E-state index < -0.39 is 0 Å². The maximum Gasteiger partial charge on any atom is 0.270 e. The maximum absolute atomic E-state index is 13.0. The van der Waals surface area contributed by atoms with Gasteiger partial charge in [-0.3, -0.25) is 14.7 Å². The van der Waals surface area contributed by atoms with Gasteiger partial charge < -0.3 is 10.1 Å². The first-order valence-corrected chi connectivity index (χ1v) is 8.42. The van der Waals surface area contributed by atoms with Crippen molar-refractivity contribution in [3.8, 4) is 5.75 Å². The topological polar surface area (TPSA) is 54.5 Å². The Bertz CT molecular complexity index is 721. The van der Waals surface area contributed by atoms with Gasteiger partial charge in [0.05, 0.1) is 7.11 Å². The lowest BCUT2D eigenvalue weighted by Gasteiger charge is -2.33. The summed E-state index contributed by atoms with van der Waals surface area (Å²) in [7, 11) is 1.56. The maximum atomic E-state index is 13.0. The summed E-state index contributed by atoms with van der Waals surface area (Å²) in [4.78, 5) is 18.8. The van der Waals surface area contributed by atoms with E-state index in [9.17, 15) is 9.18 Å². The summed E-state index contributed by atoms with van der Waals surface area (Å²) in [5.41, 5.74) is 1.43. The molecule has 6 heteroatoms. The molecule has 0 aliphatic carbocycles. The monoisotopic (exact) mass is 343 g/mol. The van der Waals surface area contributed by atoms with E-state index in [1.54, 1.807) is 37.6 Å². The zero-order chi connectivity index (χ0) is 17.6. The third kappa shape index (κ3) is 4.76. The molecule has 3 rings (SSSR count). The number of pyridine rings is 1. The van der Waals surface area contributed by atoms with Crippen molar-refractivity contribution in [2.24, 2.45) is 0 Å². The van der Waals surface area contributed by atoms with E-state index in [-0.39, 0.29) is 17.8 Å². The van der Waals surface area contributed by atoms with Crippen molar-refractivity contribution < 1.29 is 13.9 Å². The average molecular weight is 343 g/mol. The molecule has 132 valence electrons. The van der Waals surface area contributed by atoms with Gasteiger partial charge in [0.15, 0.2) is 0 Å². The molecule has 1 aliphatic heterocycles. The molecule has 2 heterocycles. The van der Waals surface area contributed by atoms with Gasteiger partial charge in [-0.15, -0.1) is 0 Å². The molecule has 5 nitrogen and oxygen atoms in total. The molecule has 25 heavy (non-hydrogen) atoms. The third-order valence-corrected chi connectivity index (χ3v) is 4.36. The number of hydrogen-bond acceptors (Lipinski definition) is 4. The number of likely N-dealkylation sites (tertiary alicyclic amines) is 1. The number of rotatable bonds is 5. The van der Waals surface area contributed by atoms with Crippen molar-refractivity contribution in [1.29, 1.82) is 0 Å². The molecule has 1 N–H and O–H groups in total. The molecular formula is C19H22FN3O2. The Morgan fingerprint density at radius 1 is 1.36 bits per heavy atom. The minimum Gasteiger partial charge on any atom is -0.497 e. The van der Waals surface area contributed by atoms with Gasteiger partial charge in [0, 0.05) is 31.4 Å². The molecule has 1 aromatic carbocycles. The Labute approximate surface area is 146 Å².